The predicted molar refractivity (Wildman–Crippen MR) is 119 cm³/mol. The van der Waals surface area contributed by atoms with E-state index in [0.717, 1.165) is 11.8 Å². The maximum atomic E-state index is 12.6. The molecule has 2 heterocycles. The van der Waals surface area contributed by atoms with Crippen molar-refractivity contribution in [1.82, 2.24) is 10.3 Å². The van der Waals surface area contributed by atoms with Gasteiger partial charge in [-0.2, -0.15) is 0 Å². The topological polar surface area (TPSA) is 84.1 Å². The van der Waals surface area contributed by atoms with E-state index < -0.39 is 5.91 Å². The average Bonchev–Trinajstić information content (AvgIpc) is 3.32. The van der Waals surface area contributed by atoms with Gasteiger partial charge in [0.15, 0.2) is 11.8 Å². The summed E-state index contributed by atoms with van der Waals surface area (Å²) in [4.78, 5) is 26.5. The number of amidine groups is 1. The van der Waals surface area contributed by atoms with Crippen LogP contribution in [0.2, 0.25) is 15.1 Å². The summed E-state index contributed by atoms with van der Waals surface area (Å²) in [6.45, 7) is 3.49. The highest BCUT2D eigenvalue weighted by Gasteiger charge is 2.33. The van der Waals surface area contributed by atoms with Crippen molar-refractivity contribution in [3.8, 4) is 5.75 Å². The van der Waals surface area contributed by atoms with Gasteiger partial charge in [-0.25, -0.2) is 5.43 Å². The molecule has 156 valence electrons. The Kier molecular flexibility index (Phi) is 7.49. The Morgan fingerprint density at radius 1 is 1.30 bits per heavy atom. The first-order valence-corrected chi connectivity index (χ1v) is 10.3. The van der Waals surface area contributed by atoms with Crippen LogP contribution < -0.4 is 10.2 Å². The van der Waals surface area contributed by atoms with Crippen LogP contribution >= 0.6 is 46.6 Å². The summed E-state index contributed by atoms with van der Waals surface area (Å²) in [5.74, 6) is -0.0966. The van der Waals surface area contributed by atoms with Crippen LogP contribution in [0, 0.1) is 0 Å². The molecule has 7 nitrogen and oxygen atoms in total. The fraction of sp³-hybridized carbons (Fsp3) is 0.105. The molecule has 0 spiro atoms. The average molecular weight is 487 g/mol. The number of ether oxygens (including phenoxy) is 1. The fourth-order valence-corrected chi connectivity index (χ4v) is 3.80. The van der Waals surface area contributed by atoms with E-state index >= 15 is 0 Å². The number of halogens is 3. The lowest BCUT2D eigenvalue weighted by atomic mass is 10.3. The maximum Gasteiger partial charge on any atom is 0.278 e. The highest BCUT2D eigenvalue weighted by atomic mass is 35.5. The molecule has 1 saturated heterocycles. The van der Waals surface area contributed by atoms with Crippen LogP contribution in [0.15, 0.2) is 57.6 Å². The predicted octanol–water partition coefficient (Wildman–Crippen LogP) is 4.81. The molecule has 2 aromatic rings. The third kappa shape index (κ3) is 5.40. The second-order valence-electron chi connectivity index (χ2n) is 5.75. The van der Waals surface area contributed by atoms with E-state index in [-0.39, 0.29) is 39.9 Å². The van der Waals surface area contributed by atoms with Gasteiger partial charge in [0.05, 0.1) is 26.2 Å². The number of hydrogen-bond acceptors (Lipinski definition) is 6. The van der Waals surface area contributed by atoms with Gasteiger partial charge < -0.3 is 9.15 Å². The number of carbonyl (C=O) groups excluding carboxylic acids is 2. The van der Waals surface area contributed by atoms with Crippen LogP contribution in [0.5, 0.6) is 5.75 Å². The zero-order chi connectivity index (χ0) is 21.7. The Balaban J connectivity index is 1.66. The van der Waals surface area contributed by atoms with Crippen LogP contribution in [0.4, 0.5) is 0 Å². The quantitative estimate of drug-likeness (QED) is 0.263. The standard InChI is InChI=1S/C19H14Cl3N3O4S/c1-2-5-25-18(27)16(7-11-4-3-6-28-11)30-19(25)24-23-17(26)10-29-15-9-13(21)12(20)8-14(15)22/h2-4,6-9H,1,5,10H2,(H,23,26)/b16-7-,24-19+. The lowest BCUT2D eigenvalue weighted by Gasteiger charge is -2.12. The molecule has 3 rings (SSSR count). The third-order valence-electron chi connectivity index (χ3n) is 3.63. The summed E-state index contributed by atoms with van der Waals surface area (Å²) >= 11 is 18.9. The number of thioether (sulfide) groups is 1. The Morgan fingerprint density at radius 3 is 2.77 bits per heavy atom. The minimum Gasteiger partial charge on any atom is -0.482 e. The Bertz CT molecular complexity index is 1040. The number of amides is 2. The lowest BCUT2D eigenvalue weighted by molar-refractivity contribution is -0.123. The van der Waals surface area contributed by atoms with E-state index in [0.29, 0.717) is 15.8 Å². The van der Waals surface area contributed by atoms with Gasteiger partial charge in [-0.05, 0) is 30.0 Å². The third-order valence-corrected chi connectivity index (χ3v) is 5.65. The molecule has 0 atom stereocenters. The SMILES string of the molecule is C=CCN1C(=O)/C(=C/c2ccco2)S/C1=N/NC(=O)COc1cc(Cl)c(Cl)cc1Cl. The molecule has 0 saturated carbocycles. The monoisotopic (exact) mass is 485 g/mol. The second kappa shape index (κ2) is 10.1. The summed E-state index contributed by atoms with van der Waals surface area (Å²) in [5, 5.41) is 5.04. The van der Waals surface area contributed by atoms with Crippen LogP contribution in [0.1, 0.15) is 5.76 Å². The molecule has 1 N–H and O–H groups in total. The molecule has 0 bridgehead atoms. The Hall–Kier alpha value is -2.39. The highest BCUT2D eigenvalue weighted by Crippen LogP contribution is 2.34. The van der Waals surface area contributed by atoms with Gasteiger partial charge >= 0.3 is 0 Å². The summed E-state index contributed by atoms with van der Waals surface area (Å²) in [6.07, 6.45) is 4.66. The van der Waals surface area contributed by atoms with Crippen molar-refractivity contribution in [1.29, 1.82) is 0 Å². The van der Waals surface area contributed by atoms with Crippen LogP contribution in [0.25, 0.3) is 6.08 Å². The number of carbonyl (C=O) groups is 2. The van der Waals surface area contributed by atoms with Crippen LogP contribution in [0.3, 0.4) is 0 Å². The van der Waals surface area contributed by atoms with Crippen molar-refractivity contribution in [2.45, 2.75) is 0 Å². The molecule has 1 aromatic carbocycles. The van der Waals surface area contributed by atoms with Crippen molar-refractivity contribution in [3.05, 3.63) is 68.9 Å². The number of benzene rings is 1. The molecular formula is C19H14Cl3N3O4S. The van der Waals surface area contributed by atoms with Gasteiger partial charge in [0.2, 0.25) is 0 Å². The minimum atomic E-state index is -0.556. The first-order valence-electron chi connectivity index (χ1n) is 8.38. The van der Waals surface area contributed by atoms with Crippen molar-refractivity contribution < 1.29 is 18.7 Å². The summed E-state index contributed by atoms with van der Waals surface area (Å²) < 4.78 is 10.6. The van der Waals surface area contributed by atoms with Gasteiger partial charge in [0.1, 0.15) is 11.5 Å². The zero-order valence-corrected chi connectivity index (χ0v) is 18.3. The smallest absolute Gasteiger partial charge is 0.278 e. The molecule has 30 heavy (non-hydrogen) atoms. The number of nitrogens with zero attached hydrogens (tertiary/aromatic N) is 2. The van der Waals surface area contributed by atoms with Crippen molar-refractivity contribution >= 4 is 69.6 Å². The van der Waals surface area contributed by atoms with Crippen LogP contribution in [-0.2, 0) is 9.59 Å². The largest absolute Gasteiger partial charge is 0.482 e. The molecule has 1 aromatic heterocycles. The molecule has 1 aliphatic heterocycles. The van der Waals surface area contributed by atoms with Gasteiger partial charge in [-0.15, -0.1) is 11.7 Å². The Labute approximate surface area is 191 Å². The zero-order valence-electron chi connectivity index (χ0n) is 15.2. The van der Waals surface area contributed by atoms with Crippen LogP contribution in [-0.4, -0.2) is 35.0 Å². The van der Waals surface area contributed by atoms with Gasteiger partial charge in [0.25, 0.3) is 11.8 Å². The van der Waals surface area contributed by atoms with Crippen molar-refractivity contribution in [2.24, 2.45) is 5.10 Å². The minimum absolute atomic E-state index is 0.205. The summed E-state index contributed by atoms with van der Waals surface area (Å²) in [7, 11) is 0. The van der Waals surface area contributed by atoms with E-state index in [1.54, 1.807) is 24.3 Å². The molecule has 0 aliphatic carbocycles. The van der Waals surface area contributed by atoms with E-state index in [1.807, 2.05) is 0 Å². The number of nitrogens with one attached hydrogen (secondary N) is 1. The molecule has 0 unspecified atom stereocenters. The maximum absolute atomic E-state index is 12.6. The van der Waals surface area contributed by atoms with E-state index in [2.05, 4.69) is 17.1 Å². The van der Waals surface area contributed by atoms with E-state index in [1.165, 1.54) is 23.3 Å². The molecule has 11 heteroatoms. The summed E-state index contributed by atoms with van der Waals surface area (Å²) in [6, 6.07) is 6.27. The molecule has 2 amide bonds. The molecular weight excluding hydrogens is 473 g/mol. The highest BCUT2D eigenvalue weighted by molar-refractivity contribution is 8.18. The lowest BCUT2D eigenvalue weighted by Crippen LogP contribution is -2.32. The first-order chi connectivity index (χ1) is 14.4. The van der Waals surface area contributed by atoms with Gasteiger partial charge in [-0.3, -0.25) is 14.5 Å². The van der Waals surface area contributed by atoms with Gasteiger partial charge in [0, 0.05) is 18.7 Å². The van der Waals surface area contributed by atoms with Gasteiger partial charge in [-0.1, -0.05) is 40.9 Å². The second-order valence-corrected chi connectivity index (χ2v) is 7.98. The molecule has 0 radical (unpaired) electrons. The normalized spacial score (nSPS) is 16.4. The number of rotatable bonds is 7. The number of hydrazone groups is 1. The summed E-state index contributed by atoms with van der Waals surface area (Å²) in [5.41, 5.74) is 2.35. The van der Waals surface area contributed by atoms with Crippen molar-refractivity contribution in [2.75, 3.05) is 13.2 Å². The Morgan fingerprint density at radius 2 is 2.07 bits per heavy atom. The van der Waals surface area contributed by atoms with E-state index in [4.69, 9.17) is 44.0 Å². The number of furan rings is 1. The van der Waals surface area contributed by atoms with E-state index in [9.17, 15) is 9.59 Å². The fourth-order valence-electron chi connectivity index (χ4n) is 2.28. The molecule has 1 fully saturated rings. The van der Waals surface area contributed by atoms with Crippen molar-refractivity contribution in [3.63, 3.8) is 0 Å². The number of hydrogen-bond donors (Lipinski definition) is 1. The first kappa shape index (κ1) is 22.3. The molecule has 1 aliphatic rings.